The number of nitrogens with one attached hydrogen (secondary N) is 1. The van der Waals surface area contributed by atoms with Crippen LogP contribution in [0.3, 0.4) is 0 Å². The van der Waals surface area contributed by atoms with E-state index in [2.05, 4.69) is 20.7 Å². The summed E-state index contributed by atoms with van der Waals surface area (Å²) in [5.41, 5.74) is 0.891. The van der Waals surface area contributed by atoms with Crippen LogP contribution >= 0.6 is 11.3 Å². The number of carbonyl (C=O) groups excluding carboxylic acids is 1. The molecule has 0 saturated carbocycles. The quantitative estimate of drug-likeness (QED) is 0.615. The van der Waals surface area contributed by atoms with Crippen LogP contribution in [-0.2, 0) is 11.3 Å². The van der Waals surface area contributed by atoms with Crippen LogP contribution < -0.4 is 14.8 Å². The number of nitrogens with zero attached hydrogens (tertiary/aromatic N) is 4. The van der Waals surface area contributed by atoms with Gasteiger partial charge in [-0.2, -0.15) is 16.1 Å². The Hall–Kier alpha value is -2.94. The van der Waals surface area contributed by atoms with E-state index in [1.807, 2.05) is 41.1 Å². The Morgan fingerprint density at radius 3 is 2.88 bits per heavy atom. The van der Waals surface area contributed by atoms with E-state index >= 15 is 0 Å². The minimum Gasteiger partial charge on any atom is -0.493 e. The van der Waals surface area contributed by atoms with Crippen molar-refractivity contribution in [2.45, 2.75) is 6.54 Å². The van der Waals surface area contributed by atoms with Crippen LogP contribution in [0, 0.1) is 0 Å². The zero-order valence-corrected chi connectivity index (χ0v) is 14.4. The zero-order chi connectivity index (χ0) is 17.5. The molecule has 0 atom stereocenters. The molecule has 3 rings (SSSR count). The van der Waals surface area contributed by atoms with Gasteiger partial charge in [-0.05, 0) is 28.8 Å². The number of carbonyl (C=O) groups is 1. The van der Waals surface area contributed by atoms with E-state index in [9.17, 15) is 4.79 Å². The van der Waals surface area contributed by atoms with E-state index in [1.54, 1.807) is 18.4 Å². The lowest BCUT2D eigenvalue weighted by molar-refractivity contribution is -0.122. The molecule has 2 heterocycles. The van der Waals surface area contributed by atoms with Gasteiger partial charge in [0.1, 0.15) is 13.2 Å². The molecule has 0 unspecified atom stereocenters. The fraction of sp³-hybridized carbons (Fsp3) is 0.250. The number of thiophene rings is 1. The van der Waals surface area contributed by atoms with Crippen molar-refractivity contribution in [2.24, 2.45) is 0 Å². The molecule has 1 aromatic carbocycles. The summed E-state index contributed by atoms with van der Waals surface area (Å²) in [5.74, 6) is 1.59. The lowest BCUT2D eigenvalue weighted by atomic mass is 10.3. The van der Waals surface area contributed by atoms with Crippen LogP contribution in [0.1, 0.15) is 0 Å². The Balaban J connectivity index is 1.43. The zero-order valence-electron chi connectivity index (χ0n) is 13.6. The van der Waals surface area contributed by atoms with Crippen molar-refractivity contribution in [1.82, 2.24) is 25.5 Å². The van der Waals surface area contributed by atoms with E-state index in [4.69, 9.17) is 9.47 Å². The molecule has 2 aromatic heterocycles. The average molecular weight is 359 g/mol. The number of aromatic nitrogens is 4. The number of amides is 1. The van der Waals surface area contributed by atoms with Gasteiger partial charge in [-0.15, -0.1) is 10.2 Å². The number of methoxy groups -OCH3 is 1. The Morgan fingerprint density at radius 2 is 2.12 bits per heavy atom. The first-order valence-corrected chi connectivity index (χ1v) is 8.53. The van der Waals surface area contributed by atoms with E-state index in [0.29, 0.717) is 30.5 Å². The summed E-state index contributed by atoms with van der Waals surface area (Å²) in [7, 11) is 1.58. The molecule has 0 saturated heterocycles. The third kappa shape index (κ3) is 4.54. The first-order valence-electron chi connectivity index (χ1n) is 7.59. The van der Waals surface area contributed by atoms with Gasteiger partial charge in [-0.3, -0.25) is 4.79 Å². The number of hydrogen-bond donors (Lipinski definition) is 1. The maximum atomic E-state index is 11.9. The van der Waals surface area contributed by atoms with Gasteiger partial charge in [0.15, 0.2) is 11.5 Å². The molecule has 25 heavy (non-hydrogen) atoms. The maximum Gasteiger partial charge on any atom is 0.243 e. The monoisotopic (exact) mass is 359 g/mol. The topological polar surface area (TPSA) is 91.2 Å². The predicted molar refractivity (Wildman–Crippen MR) is 92.6 cm³/mol. The summed E-state index contributed by atoms with van der Waals surface area (Å²) >= 11 is 1.55. The predicted octanol–water partition coefficient (Wildman–Crippen LogP) is 1.61. The van der Waals surface area contributed by atoms with Crippen molar-refractivity contribution in [1.29, 1.82) is 0 Å². The van der Waals surface area contributed by atoms with Crippen molar-refractivity contribution in [2.75, 3.05) is 20.3 Å². The number of ether oxygens (including phenoxy) is 2. The standard InChI is InChI=1S/C16H17N5O3S/c1-23-13-4-2-3-5-14(13)24-8-7-17-15(22)10-21-19-16(18-20-21)12-6-9-25-11-12/h2-6,9,11H,7-8,10H2,1H3,(H,17,22). The summed E-state index contributed by atoms with van der Waals surface area (Å²) in [6.07, 6.45) is 0. The molecule has 130 valence electrons. The summed E-state index contributed by atoms with van der Waals surface area (Å²) in [6, 6.07) is 9.25. The van der Waals surface area contributed by atoms with Crippen LogP contribution in [0.15, 0.2) is 41.1 Å². The largest absolute Gasteiger partial charge is 0.493 e. The van der Waals surface area contributed by atoms with E-state index < -0.39 is 0 Å². The molecule has 0 aliphatic carbocycles. The van der Waals surface area contributed by atoms with Crippen LogP contribution in [0.5, 0.6) is 11.5 Å². The van der Waals surface area contributed by atoms with Crippen molar-refractivity contribution in [3.8, 4) is 22.9 Å². The summed E-state index contributed by atoms with van der Waals surface area (Å²) in [4.78, 5) is 13.2. The Kier molecular flexibility index (Phi) is 5.57. The summed E-state index contributed by atoms with van der Waals surface area (Å²) in [6.45, 7) is 0.700. The molecular formula is C16H17N5O3S. The van der Waals surface area contributed by atoms with E-state index in [0.717, 1.165) is 5.56 Å². The van der Waals surface area contributed by atoms with Gasteiger partial charge in [0.05, 0.1) is 13.7 Å². The molecule has 0 aliphatic rings. The SMILES string of the molecule is COc1ccccc1OCCNC(=O)Cn1nnc(-c2ccsc2)n1. The van der Waals surface area contributed by atoms with E-state index in [-0.39, 0.29) is 12.5 Å². The van der Waals surface area contributed by atoms with Gasteiger partial charge in [0.2, 0.25) is 11.7 Å². The number of para-hydroxylation sites is 2. The fourth-order valence-corrected chi connectivity index (χ4v) is 2.73. The van der Waals surface area contributed by atoms with Crippen molar-refractivity contribution < 1.29 is 14.3 Å². The molecule has 8 nitrogen and oxygen atoms in total. The van der Waals surface area contributed by atoms with Crippen LogP contribution in [0.2, 0.25) is 0 Å². The molecule has 0 spiro atoms. The minimum absolute atomic E-state index is 0.00575. The highest BCUT2D eigenvalue weighted by atomic mass is 32.1. The lowest BCUT2D eigenvalue weighted by Gasteiger charge is -2.10. The highest BCUT2D eigenvalue weighted by Gasteiger charge is 2.09. The molecule has 3 aromatic rings. The third-order valence-corrected chi connectivity index (χ3v) is 3.95. The van der Waals surface area contributed by atoms with E-state index in [1.165, 1.54) is 4.80 Å². The van der Waals surface area contributed by atoms with Crippen LogP contribution in [0.4, 0.5) is 0 Å². The molecule has 0 radical (unpaired) electrons. The van der Waals surface area contributed by atoms with Crippen molar-refractivity contribution >= 4 is 17.2 Å². The second-order valence-corrected chi connectivity index (χ2v) is 5.78. The smallest absolute Gasteiger partial charge is 0.243 e. The third-order valence-electron chi connectivity index (χ3n) is 3.27. The van der Waals surface area contributed by atoms with Gasteiger partial charge in [0, 0.05) is 10.9 Å². The molecule has 1 amide bonds. The first-order chi connectivity index (χ1) is 12.3. The van der Waals surface area contributed by atoms with Crippen molar-refractivity contribution in [3.05, 3.63) is 41.1 Å². The van der Waals surface area contributed by atoms with Gasteiger partial charge >= 0.3 is 0 Å². The molecule has 1 N–H and O–H groups in total. The fourth-order valence-electron chi connectivity index (χ4n) is 2.09. The molecule has 0 aliphatic heterocycles. The minimum atomic E-state index is -0.210. The highest BCUT2D eigenvalue weighted by molar-refractivity contribution is 7.08. The van der Waals surface area contributed by atoms with Gasteiger partial charge < -0.3 is 14.8 Å². The molecule has 0 bridgehead atoms. The summed E-state index contributed by atoms with van der Waals surface area (Å²) in [5, 5.41) is 18.6. The highest BCUT2D eigenvalue weighted by Crippen LogP contribution is 2.25. The molecule has 0 fully saturated rings. The van der Waals surface area contributed by atoms with Crippen LogP contribution in [-0.4, -0.2) is 46.4 Å². The van der Waals surface area contributed by atoms with Crippen LogP contribution in [0.25, 0.3) is 11.4 Å². The van der Waals surface area contributed by atoms with Gasteiger partial charge in [-0.1, -0.05) is 12.1 Å². The number of hydrogen-bond acceptors (Lipinski definition) is 7. The molecular weight excluding hydrogens is 342 g/mol. The first kappa shape index (κ1) is 16.9. The number of tetrazole rings is 1. The molecule has 9 heteroatoms. The normalized spacial score (nSPS) is 10.4. The maximum absolute atomic E-state index is 11.9. The second-order valence-electron chi connectivity index (χ2n) is 5.00. The second kappa shape index (κ2) is 8.25. The van der Waals surface area contributed by atoms with Gasteiger partial charge in [-0.25, -0.2) is 0 Å². The van der Waals surface area contributed by atoms with Gasteiger partial charge in [0.25, 0.3) is 0 Å². The Morgan fingerprint density at radius 1 is 1.28 bits per heavy atom. The number of rotatable bonds is 8. The van der Waals surface area contributed by atoms with Crippen molar-refractivity contribution in [3.63, 3.8) is 0 Å². The average Bonchev–Trinajstić information content (AvgIpc) is 3.30. The number of benzene rings is 1. The Bertz CT molecular complexity index is 819. The summed E-state index contributed by atoms with van der Waals surface area (Å²) < 4.78 is 10.8. The lowest BCUT2D eigenvalue weighted by Crippen LogP contribution is -2.31. The Labute approximate surface area is 148 Å².